The minimum Gasteiger partial charge on any atom is -0.355 e. The first-order valence-corrected chi connectivity index (χ1v) is 8.75. The van der Waals surface area contributed by atoms with Crippen LogP contribution in [-0.4, -0.2) is 46.1 Å². The molecule has 1 aromatic carbocycles. The number of benzene rings is 1. The fourth-order valence-corrected chi connectivity index (χ4v) is 2.78. The molecule has 0 saturated heterocycles. The van der Waals surface area contributed by atoms with Crippen molar-refractivity contribution >= 4 is 11.8 Å². The Morgan fingerprint density at radius 1 is 1.16 bits per heavy atom. The molecule has 2 amide bonds. The molecular formula is C19H26N4O2. The number of carbonyl (C=O) groups excluding carboxylic acids is 2. The molecule has 0 aliphatic rings. The average Bonchev–Trinajstić information content (AvgIpc) is 3.02. The number of hydrogen-bond donors (Lipinski definition) is 1. The summed E-state index contributed by atoms with van der Waals surface area (Å²) in [4.78, 5) is 26.2. The van der Waals surface area contributed by atoms with Gasteiger partial charge in [0.1, 0.15) is 0 Å². The highest BCUT2D eigenvalue weighted by Gasteiger charge is 2.22. The van der Waals surface area contributed by atoms with E-state index in [1.54, 1.807) is 11.1 Å². The lowest BCUT2D eigenvalue weighted by Crippen LogP contribution is -2.40. The Morgan fingerprint density at radius 2 is 1.88 bits per heavy atom. The molecule has 134 valence electrons. The summed E-state index contributed by atoms with van der Waals surface area (Å²) in [5.41, 5.74) is 2.60. The minimum atomic E-state index is -0.148. The highest BCUT2D eigenvalue weighted by Crippen LogP contribution is 2.14. The molecule has 6 heteroatoms. The third kappa shape index (κ3) is 4.68. The molecular weight excluding hydrogens is 316 g/mol. The summed E-state index contributed by atoms with van der Waals surface area (Å²) >= 11 is 0. The van der Waals surface area contributed by atoms with Crippen LogP contribution in [0.5, 0.6) is 0 Å². The molecule has 2 rings (SSSR count). The number of aromatic nitrogens is 2. The number of carbonyl (C=O) groups is 2. The fourth-order valence-electron chi connectivity index (χ4n) is 2.78. The van der Waals surface area contributed by atoms with Crippen molar-refractivity contribution in [3.63, 3.8) is 0 Å². The van der Waals surface area contributed by atoms with Gasteiger partial charge in [-0.2, -0.15) is 5.10 Å². The highest BCUT2D eigenvalue weighted by atomic mass is 16.2. The third-order valence-electron chi connectivity index (χ3n) is 4.07. The zero-order valence-electron chi connectivity index (χ0n) is 15.2. The van der Waals surface area contributed by atoms with Crippen molar-refractivity contribution in [2.75, 3.05) is 19.6 Å². The standard InChI is InChI=1S/C19H26N4O2/c1-4-17-16(19(25)22(6-3)14-18(24)20-5-2)12-21-23(17)13-15-10-8-7-9-11-15/h7-12H,4-6,13-14H2,1-3H3,(H,20,24). The van der Waals surface area contributed by atoms with Gasteiger partial charge in [0, 0.05) is 13.1 Å². The van der Waals surface area contributed by atoms with Gasteiger partial charge in [0.15, 0.2) is 0 Å². The molecule has 1 aromatic heterocycles. The summed E-state index contributed by atoms with van der Waals surface area (Å²) in [7, 11) is 0. The number of hydrogen-bond acceptors (Lipinski definition) is 3. The largest absolute Gasteiger partial charge is 0.355 e. The Morgan fingerprint density at radius 3 is 2.48 bits per heavy atom. The van der Waals surface area contributed by atoms with Crippen LogP contribution in [0.2, 0.25) is 0 Å². The number of nitrogens with one attached hydrogen (secondary N) is 1. The van der Waals surface area contributed by atoms with E-state index in [2.05, 4.69) is 10.4 Å². The Hall–Kier alpha value is -2.63. The fraction of sp³-hybridized carbons (Fsp3) is 0.421. The van der Waals surface area contributed by atoms with E-state index in [1.165, 1.54) is 0 Å². The van der Waals surface area contributed by atoms with E-state index in [0.29, 0.717) is 31.6 Å². The van der Waals surface area contributed by atoms with E-state index in [1.807, 2.05) is 55.8 Å². The van der Waals surface area contributed by atoms with E-state index >= 15 is 0 Å². The molecule has 0 unspecified atom stereocenters. The molecule has 0 bridgehead atoms. The van der Waals surface area contributed by atoms with Gasteiger partial charge in [-0.25, -0.2) is 0 Å². The summed E-state index contributed by atoms with van der Waals surface area (Å²) in [6.07, 6.45) is 2.32. The maximum Gasteiger partial charge on any atom is 0.257 e. The normalized spacial score (nSPS) is 10.5. The smallest absolute Gasteiger partial charge is 0.257 e. The quantitative estimate of drug-likeness (QED) is 0.799. The van der Waals surface area contributed by atoms with Crippen LogP contribution in [0.3, 0.4) is 0 Å². The predicted molar refractivity (Wildman–Crippen MR) is 97.4 cm³/mol. The Balaban J connectivity index is 2.20. The van der Waals surface area contributed by atoms with Gasteiger partial charge in [0.05, 0.1) is 30.5 Å². The predicted octanol–water partition coefficient (Wildman–Crippen LogP) is 2.09. The molecule has 2 aromatic rings. The topological polar surface area (TPSA) is 67.2 Å². The van der Waals surface area contributed by atoms with Crippen molar-refractivity contribution in [2.24, 2.45) is 0 Å². The molecule has 0 aliphatic heterocycles. The molecule has 0 aliphatic carbocycles. The van der Waals surface area contributed by atoms with Crippen LogP contribution in [0.25, 0.3) is 0 Å². The van der Waals surface area contributed by atoms with Crippen molar-refractivity contribution in [3.05, 3.63) is 53.3 Å². The summed E-state index contributed by atoms with van der Waals surface area (Å²) < 4.78 is 1.86. The zero-order chi connectivity index (χ0) is 18.2. The number of likely N-dealkylation sites (N-methyl/N-ethyl adjacent to an activating group) is 2. The second-order valence-electron chi connectivity index (χ2n) is 5.77. The van der Waals surface area contributed by atoms with Crippen molar-refractivity contribution in [1.29, 1.82) is 0 Å². The first kappa shape index (κ1) is 18.7. The van der Waals surface area contributed by atoms with Gasteiger partial charge in [0.2, 0.25) is 5.91 Å². The van der Waals surface area contributed by atoms with Gasteiger partial charge in [-0.3, -0.25) is 14.3 Å². The lowest BCUT2D eigenvalue weighted by molar-refractivity contribution is -0.121. The van der Waals surface area contributed by atoms with Crippen LogP contribution in [0.15, 0.2) is 36.5 Å². The molecule has 1 heterocycles. The van der Waals surface area contributed by atoms with Gasteiger partial charge in [-0.1, -0.05) is 37.3 Å². The molecule has 6 nitrogen and oxygen atoms in total. The van der Waals surface area contributed by atoms with Crippen LogP contribution in [-0.2, 0) is 17.8 Å². The summed E-state index contributed by atoms with van der Waals surface area (Å²) in [6.45, 7) is 7.46. The van der Waals surface area contributed by atoms with Crippen molar-refractivity contribution in [1.82, 2.24) is 20.0 Å². The molecule has 1 N–H and O–H groups in total. The lowest BCUT2D eigenvalue weighted by Gasteiger charge is -2.20. The lowest BCUT2D eigenvalue weighted by atomic mass is 10.1. The minimum absolute atomic E-state index is 0.0657. The van der Waals surface area contributed by atoms with Crippen LogP contribution < -0.4 is 5.32 Å². The summed E-state index contributed by atoms with van der Waals surface area (Å²) in [5, 5.41) is 7.13. The number of rotatable bonds is 8. The van der Waals surface area contributed by atoms with Crippen LogP contribution in [0.4, 0.5) is 0 Å². The molecule has 0 saturated carbocycles. The second-order valence-corrected chi connectivity index (χ2v) is 5.77. The van der Waals surface area contributed by atoms with E-state index < -0.39 is 0 Å². The van der Waals surface area contributed by atoms with E-state index in [9.17, 15) is 9.59 Å². The third-order valence-corrected chi connectivity index (χ3v) is 4.07. The van der Waals surface area contributed by atoms with E-state index in [4.69, 9.17) is 0 Å². The Bertz CT molecular complexity index is 709. The molecule has 25 heavy (non-hydrogen) atoms. The molecule has 0 atom stereocenters. The summed E-state index contributed by atoms with van der Waals surface area (Å²) in [5.74, 6) is -0.294. The maximum atomic E-state index is 12.9. The van der Waals surface area contributed by atoms with Gasteiger partial charge in [-0.15, -0.1) is 0 Å². The van der Waals surface area contributed by atoms with Gasteiger partial charge >= 0.3 is 0 Å². The number of nitrogens with zero attached hydrogens (tertiary/aromatic N) is 3. The van der Waals surface area contributed by atoms with Gasteiger partial charge in [0.25, 0.3) is 5.91 Å². The van der Waals surface area contributed by atoms with Gasteiger partial charge < -0.3 is 10.2 Å². The molecule has 0 radical (unpaired) electrons. The van der Waals surface area contributed by atoms with Crippen molar-refractivity contribution in [2.45, 2.75) is 33.7 Å². The Kier molecular flexibility index (Phi) is 6.74. The zero-order valence-corrected chi connectivity index (χ0v) is 15.2. The monoisotopic (exact) mass is 342 g/mol. The van der Waals surface area contributed by atoms with E-state index in [0.717, 1.165) is 11.3 Å². The van der Waals surface area contributed by atoms with Crippen LogP contribution >= 0.6 is 0 Å². The van der Waals surface area contributed by atoms with E-state index in [-0.39, 0.29) is 18.4 Å². The van der Waals surface area contributed by atoms with Gasteiger partial charge in [-0.05, 0) is 25.8 Å². The Labute approximate surface area is 148 Å². The SMILES string of the molecule is CCNC(=O)CN(CC)C(=O)c1cnn(Cc2ccccc2)c1CC. The van der Waals surface area contributed by atoms with Crippen LogP contribution in [0, 0.1) is 0 Å². The number of amides is 2. The molecule has 0 fully saturated rings. The summed E-state index contributed by atoms with van der Waals surface area (Å²) in [6, 6.07) is 10.0. The highest BCUT2D eigenvalue weighted by molar-refractivity contribution is 5.97. The average molecular weight is 342 g/mol. The van der Waals surface area contributed by atoms with Crippen molar-refractivity contribution < 1.29 is 9.59 Å². The van der Waals surface area contributed by atoms with Crippen LogP contribution in [0.1, 0.15) is 42.4 Å². The molecule has 0 spiro atoms. The maximum absolute atomic E-state index is 12.9. The first-order chi connectivity index (χ1) is 12.1. The first-order valence-electron chi connectivity index (χ1n) is 8.75. The van der Waals surface area contributed by atoms with Crippen molar-refractivity contribution in [3.8, 4) is 0 Å². The second kappa shape index (κ2) is 9.01.